The lowest BCUT2D eigenvalue weighted by Crippen LogP contribution is -2.51. The molecule has 0 saturated carbocycles. The van der Waals surface area contributed by atoms with Crippen LogP contribution in [0.1, 0.15) is 27.2 Å². The Morgan fingerprint density at radius 2 is 1.86 bits per heavy atom. The Kier molecular flexibility index (Phi) is 5.15. The highest BCUT2D eigenvalue weighted by molar-refractivity contribution is 5.88. The maximum absolute atomic E-state index is 11.4. The van der Waals surface area contributed by atoms with Crippen molar-refractivity contribution in [3.8, 4) is 0 Å². The van der Waals surface area contributed by atoms with Crippen LogP contribution in [0, 0.1) is 5.92 Å². The summed E-state index contributed by atoms with van der Waals surface area (Å²) in [6.07, 6.45) is 0.819. The molecule has 2 amide bonds. The lowest BCUT2D eigenvalue weighted by Gasteiger charge is -2.19. The highest BCUT2D eigenvalue weighted by Crippen LogP contribution is 2.05. The number of hydrogen-bond donors (Lipinski definition) is 3. The van der Waals surface area contributed by atoms with E-state index in [1.807, 2.05) is 13.8 Å². The average Bonchev–Trinajstić information content (AvgIpc) is 2.14. The van der Waals surface area contributed by atoms with Crippen LogP contribution >= 0.6 is 0 Å². The second-order valence-electron chi connectivity index (χ2n) is 3.54. The smallest absolute Gasteiger partial charge is 0.239 e. The summed E-state index contributed by atoms with van der Waals surface area (Å²) in [5, 5.41) is 2.46. The van der Waals surface area contributed by atoms with Gasteiger partial charge in [-0.2, -0.15) is 0 Å². The van der Waals surface area contributed by atoms with E-state index in [1.165, 1.54) is 6.92 Å². The third-order valence-corrected chi connectivity index (χ3v) is 2.35. The Hall–Kier alpha value is -1.10. The van der Waals surface area contributed by atoms with Crippen LogP contribution in [0.5, 0.6) is 0 Å². The number of primary amides is 1. The molecule has 0 heterocycles. The lowest BCUT2D eigenvalue weighted by atomic mass is 9.99. The number of nitrogens with one attached hydrogen (secondary N) is 1. The maximum atomic E-state index is 11.4. The number of hydrogen-bond acceptors (Lipinski definition) is 3. The van der Waals surface area contributed by atoms with Crippen molar-refractivity contribution in [1.82, 2.24) is 5.32 Å². The molecule has 0 radical (unpaired) electrons. The van der Waals surface area contributed by atoms with E-state index in [2.05, 4.69) is 5.32 Å². The van der Waals surface area contributed by atoms with E-state index in [0.717, 1.165) is 6.42 Å². The van der Waals surface area contributed by atoms with Crippen LogP contribution < -0.4 is 16.8 Å². The molecular weight excluding hydrogens is 182 g/mol. The molecule has 5 heteroatoms. The minimum Gasteiger partial charge on any atom is -0.368 e. The van der Waals surface area contributed by atoms with Gasteiger partial charge in [-0.25, -0.2) is 0 Å². The molecule has 0 aliphatic heterocycles. The van der Waals surface area contributed by atoms with Crippen LogP contribution in [0.15, 0.2) is 0 Å². The van der Waals surface area contributed by atoms with Gasteiger partial charge in [0.25, 0.3) is 0 Å². The highest BCUT2D eigenvalue weighted by atomic mass is 16.2. The number of carbonyl (C=O) groups excluding carboxylic acids is 2. The molecular formula is C9H19N3O2. The normalized spacial score (nSPS) is 16.9. The summed E-state index contributed by atoms with van der Waals surface area (Å²) in [6.45, 7) is 5.37. The SMILES string of the molecule is CC[C@H](C)[C@H](N)C(=O)N[C@@H](C)C(N)=O. The van der Waals surface area contributed by atoms with Crippen molar-refractivity contribution in [2.45, 2.75) is 39.3 Å². The first-order valence-corrected chi connectivity index (χ1v) is 4.75. The second-order valence-corrected chi connectivity index (χ2v) is 3.54. The highest BCUT2D eigenvalue weighted by Gasteiger charge is 2.21. The van der Waals surface area contributed by atoms with Crippen LogP contribution in [0.3, 0.4) is 0 Å². The number of amides is 2. The Labute approximate surface area is 84.2 Å². The molecule has 5 nitrogen and oxygen atoms in total. The molecule has 0 aromatic rings. The van der Waals surface area contributed by atoms with Crippen molar-refractivity contribution in [2.75, 3.05) is 0 Å². The summed E-state index contributed by atoms with van der Waals surface area (Å²) in [6, 6.07) is -1.25. The van der Waals surface area contributed by atoms with Crippen molar-refractivity contribution >= 4 is 11.8 Å². The first-order valence-electron chi connectivity index (χ1n) is 4.75. The van der Waals surface area contributed by atoms with Gasteiger partial charge < -0.3 is 16.8 Å². The molecule has 0 fully saturated rings. The molecule has 0 bridgehead atoms. The standard InChI is InChI=1S/C9H19N3O2/c1-4-5(2)7(10)9(14)12-6(3)8(11)13/h5-7H,4,10H2,1-3H3,(H2,11,13)(H,12,14)/t5-,6-,7-/m0/s1. The zero-order valence-electron chi connectivity index (χ0n) is 8.91. The summed E-state index contributed by atoms with van der Waals surface area (Å²) in [5.74, 6) is -0.796. The molecule has 0 spiro atoms. The fraction of sp³-hybridized carbons (Fsp3) is 0.778. The maximum Gasteiger partial charge on any atom is 0.239 e. The summed E-state index contributed by atoms with van der Waals surface area (Å²) < 4.78 is 0. The molecule has 0 aromatic carbocycles. The Morgan fingerprint density at radius 3 is 2.21 bits per heavy atom. The monoisotopic (exact) mass is 201 g/mol. The van der Waals surface area contributed by atoms with Gasteiger partial charge in [-0.1, -0.05) is 20.3 Å². The largest absolute Gasteiger partial charge is 0.368 e. The van der Waals surface area contributed by atoms with Gasteiger partial charge in [0.1, 0.15) is 6.04 Å². The fourth-order valence-corrected chi connectivity index (χ4v) is 0.893. The van der Waals surface area contributed by atoms with Crippen molar-refractivity contribution in [3.05, 3.63) is 0 Å². The van der Waals surface area contributed by atoms with E-state index in [-0.39, 0.29) is 11.8 Å². The second kappa shape index (κ2) is 5.59. The topological polar surface area (TPSA) is 98.2 Å². The van der Waals surface area contributed by atoms with Gasteiger partial charge in [-0.3, -0.25) is 9.59 Å². The predicted octanol–water partition coefficient (Wildman–Crippen LogP) is -0.650. The third kappa shape index (κ3) is 3.74. The van der Waals surface area contributed by atoms with Gasteiger partial charge in [0.15, 0.2) is 0 Å². The number of nitrogens with two attached hydrogens (primary N) is 2. The molecule has 0 rings (SSSR count). The molecule has 82 valence electrons. The summed E-state index contributed by atoms with van der Waals surface area (Å²) in [7, 11) is 0. The van der Waals surface area contributed by atoms with Crippen LogP contribution in [0.25, 0.3) is 0 Å². The van der Waals surface area contributed by atoms with E-state index in [9.17, 15) is 9.59 Å². The third-order valence-electron chi connectivity index (χ3n) is 2.35. The van der Waals surface area contributed by atoms with Gasteiger partial charge in [-0.05, 0) is 12.8 Å². The van der Waals surface area contributed by atoms with E-state index < -0.39 is 18.0 Å². The Bertz CT molecular complexity index is 218. The van der Waals surface area contributed by atoms with Gasteiger partial charge in [0, 0.05) is 0 Å². The van der Waals surface area contributed by atoms with Crippen molar-refractivity contribution < 1.29 is 9.59 Å². The molecule has 3 atom stereocenters. The van der Waals surface area contributed by atoms with Gasteiger partial charge in [0.05, 0.1) is 6.04 Å². The first kappa shape index (κ1) is 12.9. The van der Waals surface area contributed by atoms with Crippen molar-refractivity contribution in [1.29, 1.82) is 0 Å². The summed E-state index contributed by atoms with van der Waals surface area (Å²) in [5.41, 5.74) is 10.7. The Morgan fingerprint density at radius 1 is 1.36 bits per heavy atom. The van der Waals surface area contributed by atoms with Crippen molar-refractivity contribution in [2.24, 2.45) is 17.4 Å². The predicted molar refractivity (Wildman–Crippen MR) is 54.2 cm³/mol. The average molecular weight is 201 g/mol. The minimum absolute atomic E-state index is 0.0927. The lowest BCUT2D eigenvalue weighted by molar-refractivity contribution is -0.128. The van der Waals surface area contributed by atoms with E-state index >= 15 is 0 Å². The molecule has 0 saturated heterocycles. The Balaban J connectivity index is 4.14. The van der Waals surface area contributed by atoms with Gasteiger partial charge >= 0.3 is 0 Å². The van der Waals surface area contributed by atoms with Crippen LogP contribution in [0.2, 0.25) is 0 Å². The van der Waals surface area contributed by atoms with Gasteiger partial charge in [0.2, 0.25) is 11.8 Å². The van der Waals surface area contributed by atoms with E-state index in [0.29, 0.717) is 0 Å². The minimum atomic E-state index is -0.669. The fourth-order valence-electron chi connectivity index (χ4n) is 0.893. The van der Waals surface area contributed by atoms with Crippen LogP contribution in [0.4, 0.5) is 0 Å². The number of rotatable bonds is 5. The zero-order chi connectivity index (χ0) is 11.3. The van der Waals surface area contributed by atoms with Crippen molar-refractivity contribution in [3.63, 3.8) is 0 Å². The summed E-state index contributed by atoms with van der Waals surface area (Å²) >= 11 is 0. The van der Waals surface area contributed by atoms with Crippen LogP contribution in [-0.4, -0.2) is 23.9 Å². The quantitative estimate of drug-likeness (QED) is 0.551. The molecule has 0 aliphatic carbocycles. The van der Waals surface area contributed by atoms with E-state index in [1.54, 1.807) is 0 Å². The molecule has 0 unspecified atom stereocenters. The molecule has 0 aliphatic rings. The van der Waals surface area contributed by atoms with Crippen LogP contribution in [-0.2, 0) is 9.59 Å². The first-order chi connectivity index (χ1) is 6.40. The summed E-state index contributed by atoms with van der Waals surface area (Å²) in [4.78, 5) is 22.1. The zero-order valence-corrected chi connectivity index (χ0v) is 8.91. The van der Waals surface area contributed by atoms with Gasteiger partial charge in [-0.15, -0.1) is 0 Å². The number of carbonyl (C=O) groups is 2. The molecule has 0 aromatic heterocycles. The molecule has 5 N–H and O–H groups in total. The molecule has 14 heavy (non-hydrogen) atoms. The van der Waals surface area contributed by atoms with E-state index in [4.69, 9.17) is 11.5 Å².